The Kier molecular flexibility index (Phi) is 7.66. The maximum atomic E-state index is 4.79. The number of aromatic nitrogens is 1. The van der Waals surface area contributed by atoms with Crippen molar-refractivity contribution in [2.45, 2.75) is 100 Å². The topological polar surface area (TPSA) is 8.17 Å². The molecule has 0 spiro atoms. The lowest BCUT2D eigenvalue weighted by atomic mass is 9.84. The van der Waals surface area contributed by atoms with Gasteiger partial charge in [0, 0.05) is 34.0 Å². The monoisotopic (exact) mass is 608 g/mol. The summed E-state index contributed by atoms with van der Waals surface area (Å²) in [7, 11) is 0. The van der Waals surface area contributed by atoms with E-state index >= 15 is 0 Å². The number of nitrogens with zero attached hydrogens (tertiary/aromatic N) is 2. The van der Waals surface area contributed by atoms with Gasteiger partial charge in [-0.3, -0.25) is 0 Å². The van der Waals surface area contributed by atoms with Crippen molar-refractivity contribution < 1.29 is 0 Å². The Balaban J connectivity index is 1.83. The van der Waals surface area contributed by atoms with Crippen molar-refractivity contribution in [2.24, 2.45) is 5.92 Å². The van der Waals surface area contributed by atoms with Crippen LogP contribution in [0.25, 0.3) is 34.4 Å². The molecular formula is C44H52N2. The average molecular weight is 609 g/mol. The van der Waals surface area contributed by atoms with Crippen LogP contribution in [0.2, 0.25) is 0 Å². The van der Waals surface area contributed by atoms with Crippen LogP contribution < -0.4 is 15.5 Å². The zero-order valence-corrected chi connectivity index (χ0v) is 30.2. The zero-order chi connectivity index (χ0) is 33.5. The summed E-state index contributed by atoms with van der Waals surface area (Å²) in [5.74, 6) is 0.386. The molecule has 6 rings (SSSR count). The van der Waals surface area contributed by atoms with Crippen LogP contribution in [-0.2, 0) is 10.8 Å². The van der Waals surface area contributed by atoms with E-state index in [9.17, 15) is 0 Å². The van der Waals surface area contributed by atoms with Gasteiger partial charge < -0.3 is 9.47 Å². The summed E-state index contributed by atoms with van der Waals surface area (Å²) in [6.07, 6.45) is 8.23. The molecule has 0 amide bonds. The van der Waals surface area contributed by atoms with Crippen LogP contribution in [0.15, 0.2) is 78.0 Å². The fourth-order valence-corrected chi connectivity index (χ4v) is 7.85. The molecule has 4 aromatic rings. The fraction of sp³-hybridized carbons (Fsp3) is 0.364. The van der Waals surface area contributed by atoms with Crippen molar-refractivity contribution in [3.8, 4) is 5.69 Å². The van der Waals surface area contributed by atoms with Gasteiger partial charge in [-0.1, -0.05) is 96.5 Å². The number of hydrogen-bond acceptors (Lipinski definition) is 1. The molecule has 1 aromatic heterocycles. The maximum Gasteiger partial charge on any atom is 0.0562 e. The number of benzene rings is 3. The predicted molar refractivity (Wildman–Crippen MR) is 201 cm³/mol. The molecule has 2 heteroatoms. The molecule has 0 radical (unpaired) electrons. The molecule has 0 N–H and O–H groups in total. The first-order chi connectivity index (χ1) is 21.5. The van der Waals surface area contributed by atoms with E-state index in [-0.39, 0.29) is 10.8 Å². The number of hydrogen-bond donors (Lipinski definition) is 0. The highest BCUT2D eigenvalue weighted by Crippen LogP contribution is 2.40. The molecule has 0 bridgehead atoms. The van der Waals surface area contributed by atoms with E-state index in [1.807, 2.05) is 0 Å². The molecule has 3 aromatic carbocycles. The Morgan fingerprint density at radius 2 is 1.37 bits per heavy atom. The zero-order valence-electron chi connectivity index (χ0n) is 30.2. The third kappa shape index (κ3) is 5.40. The number of rotatable bonds is 2. The molecule has 0 saturated carbocycles. The highest BCUT2D eigenvalue weighted by Gasteiger charge is 2.28. The van der Waals surface area contributed by atoms with Gasteiger partial charge in [-0.25, -0.2) is 0 Å². The van der Waals surface area contributed by atoms with Gasteiger partial charge in [0.05, 0.1) is 22.2 Å². The quantitative estimate of drug-likeness (QED) is 0.220. The van der Waals surface area contributed by atoms with Crippen molar-refractivity contribution in [1.82, 2.24) is 4.57 Å². The Morgan fingerprint density at radius 1 is 0.761 bits per heavy atom. The van der Waals surface area contributed by atoms with Crippen molar-refractivity contribution >= 4 is 34.4 Å². The van der Waals surface area contributed by atoms with E-state index < -0.39 is 0 Å². The summed E-state index contributed by atoms with van der Waals surface area (Å²) >= 11 is 0. The third-order valence-electron chi connectivity index (χ3n) is 10.0. The summed E-state index contributed by atoms with van der Waals surface area (Å²) in [6.45, 7) is 32.2. The molecule has 46 heavy (non-hydrogen) atoms. The van der Waals surface area contributed by atoms with E-state index in [2.05, 4.69) is 159 Å². The second-order valence-corrected chi connectivity index (χ2v) is 16.2. The van der Waals surface area contributed by atoms with Crippen LogP contribution >= 0.6 is 0 Å². The second-order valence-electron chi connectivity index (χ2n) is 16.2. The summed E-state index contributed by atoms with van der Waals surface area (Å²) in [6, 6.07) is 18.8. The molecule has 1 aliphatic heterocycles. The first-order valence-electron chi connectivity index (χ1n) is 16.9. The molecule has 1 aliphatic carbocycles. The SMILES string of the molecule is C=C1/C=c2\c(c3cc(C(C)(C)C)ccc3n2-c2c(C)cc(C)cc2C)=C/N(C2=C(C)C=C(C)CC2C)c2ccc(C(C)(C)C)cc21. The minimum absolute atomic E-state index is 0.0267. The first-order valence-corrected chi connectivity index (χ1v) is 16.9. The highest BCUT2D eigenvalue weighted by molar-refractivity contribution is 5.97. The van der Waals surface area contributed by atoms with E-state index in [4.69, 9.17) is 6.58 Å². The largest absolute Gasteiger partial charge is 0.319 e. The minimum Gasteiger partial charge on any atom is -0.319 e. The van der Waals surface area contributed by atoms with E-state index in [1.54, 1.807) is 0 Å². The summed E-state index contributed by atoms with van der Waals surface area (Å²) < 4.78 is 2.51. The van der Waals surface area contributed by atoms with Crippen molar-refractivity contribution in [2.75, 3.05) is 4.90 Å². The smallest absolute Gasteiger partial charge is 0.0562 e. The standard InChI is InChI=1S/C44H52N2/c1-26-18-29(4)41(30(5)19-26)45-25-37-36-24-34(44(11,12)13)15-17-39(36)46(42-31(6)20-27(2)21-32(42)7)40(37)22-28(3)35-23-33(43(8,9)10)14-16-38(35)45/h14-18,20-25,30H,3,19H2,1-2,4-13H3/b37-25-,40-22+. The molecule has 0 saturated heterocycles. The lowest BCUT2D eigenvalue weighted by molar-refractivity contribution is 0.590. The fourth-order valence-electron chi connectivity index (χ4n) is 7.85. The normalized spacial score (nSPS) is 18.7. The van der Waals surface area contributed by atoms with Gasteiger partial charge in [0.2, 0.25) is 0 Å². The Bertz CT molecular complexity index is 2090. The van der Waals surface area contributed by atoms with Gasteiger partial charge in [-0.2, -0.15) is 0 Å². The van der Waals surface area contributed by atoms with Gasteiger partial charge in [0.15, 0.2) is 0 Å². The number of allylic oxidation sites excluding steroid dienone is 5. The maximum absolute atomic E-state index is 4.79. The second kappa shape index (κ2) is 11.0. The molecule has 238 valence electrons. The lowest BCUT2D eigenvalue weighted by Gasteiger charge is -2.35. The molecule has 2 heterocycles. The van der Waals surface area contributed by atoms with Crippen LogP contribution in [0.4, 0.5) is 5.69 Å². The molecule has 2 nitrogen and oxygen atoms in total. The molecule has 2 aliphatic rings. The number of aryl methyl sites for hydroxylation is 3. The van der Waals surface area contributed by atoms with Gasteiger partial charge in [0.25, 0.3) is 0 Å². The molecular weight excluding hydrogens is 556 g/mol. The Labute approximate surface area is 277 Å². The molecule has 1 unspecified atom stereocenters. The molecule has 1 atom stereocenters. The van der Waals surface area contributed by atoms with Crippen LogP contribution in [0.3, 0.4) is 0 Å². The number of fused-ring (bicyclic) bond motifs is 4. The average Bonchev–Trinajstić information content (AvgIpc) is 3.20. The van der Waals surface area contributed by atoms with Gasteiger partial charge in [-0.15, -0.1) is 0 Å². The minimum atomic E-state index is 0.0267. The van der Waals surface area contributed by atoms with Crippen LogP contribution in [0.1, 0.15) is 102 Å². The van der Waals surface area contributed by atoms with Gasteiger partial charge >= 0.3 is 0 Å². The van der Waals surface area contributed by atoms with Crippen molar-refractivity contribution in [3.05, 3.63) is 122 Å². The Hall–Kier alpha value is -4.04. The van der Waals surface area contributed by atoms with E-state index in [0.29, 0.717) is 5.92 Å². The van der Waals surface area contributed by atoms with Crippen LogP contribution in [-0.4, -0.2) is 4.57 Å². The van der Waals surface area contributed by atoms with Crippen molar-refractivity contribution in [1.29, 1.82) is 0 Å². The van der Waals surface area contributed by atoms with Gasteiger partial charge in [-0.05, 0) is 116 Å². The lowest BCUT2D eigenvalue weighted by Crippen LogP contribution is -2.35. The highest BCUT2D eigenvalue weighted by atomic mass is 15.1. The predicted octanol–water partition coefficient (Wildman–Crippen LogP) is 10.5. The molecule has 0 fully saturated rings. The van der Waals surface area contributed by atoms with Crippen LogP contribution in [0.5, 0.6) is 0 Å². The van der Waals surface area contributed by atoms with Crippen LogP contribution in [0, 0.1) is 26.7 Å². The Morgan fingerprint density at radius 3 is 1.98 bits per heavy atom. The summed E-state index contributed by atoms with van der Waals surface area (Å²) in [5, 5.41) is 3.70. The van der Waals surface area contributed by atoms with E-state index in [0.717, 1.165) is 12.0 Å². The first kappa shape index (κ1) is 31.9. The number of anilines is 1. The van der Waals surface area contributed by atoms with Gasteiger partial charge in [0.1, 0.15) is 0 Å². The van der Waals surface area contributed by atoms with E-state index in [1.165, 1.54) is 83.1 Å². The summed E-state index contributed by atoms with van der Waals surface area (Å²) in [4.78, 5) is 2.52. The summed E-state index contributed by atoms with van der Waals surface area (Å²) in [5.41, 5.74) is 16.6. The van der Waals surface area contributed by atoms with Crippen molar-refractivity contribution in [3.63, 3.8) is 0 Å². The third-order valence-corrected chi connectivity index (χ3v) is 10.0.